The lowest BCUT2D eigenvalue weighted by Crippen LogP contribution is -1.95. The summed E-state index contributed by atoms with van der Waals surface area (Å²) in [6, 6.07) is 26.0. The third-order valence-electron chi connectivity index (χ3n) is 3.79. The van der Waals surface area contributed by atoms with Gasteiger partial charge in [-0.15, -0.1) is 0 Å². The third-order valence-corrected chi connectivity index (χ3v) is 5.03. The quantitative estimate of drug-likeness (QED) is 0.215. The van der Waals surface area contributed by atoms with Gasteiger partial charge in [-0.05, 0) is 81.8 Å². The second kappa shape index (κ2) is 9.02. The van der Waals surface area contributed by atoms with Crippen molar-refractivity contribution in [1.29, 1.82) is 5.26 Å². The second-order valence-corrected chi connectivity index (χ2v) is 7.82. The van der Waals surface area contributed by atoms with Crippen LogP contribution in [0, 0.1) is 14.9 Å². The molecular weight excluding hydrogens is 501 g/mol. The first-order chi connectivity index (χ1) is 12.6. The van der Waals surface area contributed by atoms with Crippen molar-refractivity contribution >= 4 is 50.2 Å². The normalized spacial score (nSPS) is 11.0. The monoisotopic (exact) mass is 515 g/mol. The maximum absolute atomic E-state index is 9.44. The van der Waals surface area contributed by atoms with Crippen molar-refractivity contribution in [2.24, 2.45) is 0 Å². The molecule has 0 aromatic heterocycles. The van der Waals surface area contributed by atoms with Crippen molar-refractivity contribution < 1.29 is 4.74 Å². The van der Waals surface area contributed by atoms with E-state index >= 15 is 0 Å². The van der Waals surface area contributed by atoms with Crippen LogP contribution in [0.1, 0.15) is 16.7 Å². The zero-order valence-electron chi connectivity index (χ0n) is 13.8. The molecule has 0 N–H and O–H groups in total. The standard InChI is InChI=1S/C22H15BrINO/c23-20-7-5-18(6-8-20)19(14-25)13-16-3-11-22(12-4-16)26-15-17-1-9-21(24)10-2-17/h1-13H,15H2/b19-13-. The van der Waals surface area contributed by atoms with E-state index in [9.17, 15) is 5.26 Å². The van der Waals surface area contributed by atoms with E-state index in [2.05, 4.69) is 68.9 Å². The van der Waals surface area contributed by atoms with E-state index in [1.54, 1.807) is 0 Å². The van der Waals surface area contributed by atoms with Crippen molar-refractivity contribution in [1.82, 2.24) is 0 Å². The maximum Gasteiger partial charge on any atom is 0.119 e. The Balaban J connectivity index is 1.69. The molecule has 2 nitrogen and oxygen atoms in total. The van der Waals surface area contributed by atoms with Gasteiger partial charge in [0.25, 0.3) is 0 Å². The molecule has 0 saturated carbocycles. The van der Waals surface area contributed by atoms with Gasteiger partial charge in [0.2, 0.25) is 0 Å². The molecule has 26 heavy (non-hydrogen) atoms. The van der Waals surface area contributed by atoms with Crippen LogP contribution in [0.4, 0.5) is 0 Å². The molecule has 0 aliphatic heterocycles. The summed E-state index contributed by atoms with van der Waals surface area (Å²) in [6.07, 6.45) is 1.88. The molecule has 0 radical (unpaired) electrons. The van der Waals surface area contributed by atoms with Crippen molar-refractivity contribution in [3.05, 3.63) is 97.5 Å². The summed E-state index contributed by atoms with van der Waals surface area (Å²) in [5.41, 5.74) is 3.63. The van der Waals surface area contributed by atoms with Crippen molar-refractivity contribution in [3.63, 3.8) is 0 Å². The summed E-state index contributed by atoms with van der Waals surface area (Å²) >= 11 is 5.70. The van der Waals surface area contributed by atoms with Crippen LogP contribution in [0.25, 0.3) is 11.6 Å². The summed E-state index contributed by atoms with van der Waals surface area (Å²) in [7, 11) is 0. The van der Waals surface area contributed by atoms with Gasteiger partial charge in [-0.1, -0.05) is 52.3 Å². The van der Waals surface area contributed by atoms with Gasteiger partial charge >= 0.3 is 0 Å². The van der Waals surface area contributed by atoms with Crippen molar-refractivity contribution in [3.8, 4) is 11.8 Å². The number of nitrogens with zero attached hydrogens (tertiary/aromatic N) is 1. The molecule has 4 heteroatoms. The predicted molar refractivity (Wildman–Crippen MR) is 118 cm³/mol. The third kappa shape index (κ3) is 5.20. The minimum atomic E-state index is 0.536. The van der Waals surface area contributed by atoms with Gasteiger partial charge in [-0.3, -0.25) is 0 Å². The zero-order chi connectivity index (χ0) is 18.4. The Kier molecular flexibility index (Phi) is 6.48. The summed E-state index contributed by atoms with van der Waals surface area (Å²) in [5, 5.41) is 9.44. The van der Waals surface area contributed by atoms with Crippen LogP contribution in [0.15, 0.2) is 77.3 Å². The van der Waals surface area contributed by atoms with Crippen molar-refractivity contribution in [2.45, 2.75) is 6.61 Å². The lowest BCUT2D eigenvalue weighted by Gasteiger charge is -2.07. The zero-order valence-corrected chi connectivity index (χ0v) is 17.6. The summed E-state index contributed by atoms with van der Waals surface area (Å²) in [4.78, 5) is 0. The molecular formula is C22H15BrINO. The molecule has 3 aromatic carbocycles. The maximum atomic E-state index is 9.44. The number of halogens is 2. The Bertz CT molecular complexity index is 939. The highest BCUT2D eigenvalue weighted by Crippen LogP contribution is 2.22. The number of ether oxygens (including phenoxy) is 1. The Morgan fingerprint density at radius 2 is 1.62 bits per heavy atom. The van der Waals surface area contributed by atoms with Crippen molar-refractivity contribution in [2.75, 3.05) is 0 Å². The minimum Gasteiger partial charge on any atom is -0.489 e. The van der Waals surface area contributed by atoms with Crippen LogP contribution in [0.5, 0.6) is 5.75 Å². The molecule has 0 aliphatic rings. The predicted octanol–water partition coefficient (Wildman–Crippen LogP) is 6.70. The molecule has 0 amide bonds. The highest BCUT2D eigenvalue weighted by atomic mass is 127. The van der Waals surface area contributed by atoms with Crippen LogP contribution >= 0.6 is 38.5 Å². The molecule has 3 aromatic rings. The van der Waals surface area contributed by atoms with Gasteiger partial charge in [-0.25, -0.2) is 0 Å². The van der Waals surface area contributed by atoms with E-state index in [4.69, 9.17) is 4.74 Å². The average Bonchev–Trinajstić information content (AvgIpc) is 2.67. The molecule has 0 fully saturated rings. The molecule has 0 heterocycles. The summed E-state index contributed by atoms with van der Waals surface area (Å²) in [6.45, 7) is 0.536. The van der Waals surface area contributed by atoms with E-state index in [1.165, 1.54) is 3.57 Å². The van der Waals surface area contributed by atoms with Gasteiger partial charge in [0.15, 0.2) is 0 Å². The molecule has 128 valence electrons. The van der Waals surface area contributed by atoms with Gasteiger partial charge in [0.1, 0.15) is 12.4 Å². The fourth-order valence-corrected chi connectivity index (χ4v) is 3.01. The fraction of sp³-hybridized carbons (Fsp3) is 0.0455. The molecule has 0 aliphatic carbocycles. The van der Waals surface area contributed by atoms with Crippen LogP contribution in [0.2, 0.25) is 0 Å². The smallest absolute Gasteiger partial charge is 0.119 e. The minimum absolute atomic E-state index is 0.536. The largest absolute Gasteiger partial charge is 0.489 e. The Morgan fingerprint density at radius 3 is 2.23 bits per heavy atom. The Hall–Kier alpha value is -2.10. The van der Waals surface area contributed by atoms with Gasteiger partial charge < -0.3 is 4.74 Å². The van der Waals surface area contributed by atoms with Crippen LogP contribution in [0.3, 0.4) is 0 Å². The summed E-state index contributed by atoms with van der Waals surface area (Å²) < 4.78 is 8.03. The number of rotatable bonds is 5. The number of nitriles is 1. The van der Waals surface area contributed by atoms with Crippen LogP contribution < -0.4 is 4.74 Å². The molecule has 3 rings (SSSR count). The summed E-state index contributed by atoms with van der Waals surface area (Å²) in [5.74, 6) is 0.808. The SMILES string of the molecule is N#C/C(=C/c1ccc(OCc2ccc(I)cc2)cc1)c1ccc(Br)cc1. The van der Waals surface area contributed by atoms with Gasteiger partial charge in [0, 0.05) is 8.04 Å². The van der Waals surface area contributed by atoms with E-state index in [-0.39, 0.29) is 0 Å². The Labute approximate surface area is 175 Å². The molecule has 0 spiro atoms. The van der Waals surface area contributed by atoms with E-state index in [1.807, 2.05) is 54.6 Å². The molecule has 0 saturated heterocycles. The topological polar surface area (TPSA) is 33.0 Å². The second-order valence-electron chi connectivity index (χ2n) is 5.66. The molecule has 0 unspecified atom stereocenters. The highest BCUT2D eigenvalue weighted by molar-refractivity contribution is 14.1. The molecule has 0 bridgehead atoms. The number of benzene rings is 3. The van der Waals surface area contributed by atoms with Gasteiger partial charge in [-0.2, -0.15) is 5.26 Å². The first-order valence-electron chi connectivity index (χ1n) is 7.99. The Morgan fingerprint density at radius 1 is 0.962 bits per heavy atom. The first kappa shape index (κ1) is 18.7. The van der Waals surface area contributed by atoms with Gasteiger partial charge in [0.05, 0.1) is 11.6 Å². The van der Waals surface area contributed by atoms with Crippen LogP contribution in [-0.2, 0) is 6.61 Å². The number of allylic oxidation sites excluding steroid dienone is 1. The van der Waals surface area contributed by atoms with E-state index in [0.29, 0.717) is 12.2 Å². The molecule has 0 atom stereocenters. The fourth-order valence-electron chi connectivity index (χ4n) is 2.38. The number of hydrogen-bond acceptors (Lipinski definition) is 2. The lowest BCUT2D eigenvalue weighted by atomic mass is 10.0. The number of hydrogen-bond donors (Lipinski definition) is 0. The lowest BCUT2D eigenvalue weighted by molar-refractivity contribution is 0.306. The van der Waals surface area contributed by atoms with Crippen LogP contribution in [-0.4, -0.2) is 0 Å². The first-order valence-corrected chi connectivity index (χ1v) is 9.86. The highest BCUT2D eigenvalue weighted by Gasteiger charge is 2.02. The average molecular weight is 516 g/mol. The van der Waals surface area contributed by atoms with E-state index < -0.39 is 0 Å². The van der Waals surface area contributed by atoms with E-state index in [0.717, 1.165) is 26.9 Å².